The molecule has 19 heavy (non-hydrogen) atoms. The molecule has 102 valence electrons. The molecule has 1 heterocycles. The quantitative estimate of drug-likeness (QED) is 0.896. The normalized spacial score (nSPS) is 12.1. The Morgan fingerprint density at radius 3 is 2.42 bits per heavy atom. The third kappa shape index (κ3) is 4.23. The lowest BCUT2D eigenvalue weighted by Crippen LogP contribution is -2.35. The van der Waals surface area contributed by atoms with Gasteiger partial charge in [0.25, 0.3) is 0 Å². The fraction of sp³-hybridized carbons (Fsp3) is 0.375. The van der Waals surface area contributed by atoms with E-state index in [1.807, 2.05) is 54.4 Å². The Balaban J connectivity index is 2.02. The third-order valence-corrected chi connectivity index (χ3v) is 2.80. The topological polar surface area (TPSA) is 36.6 Å². The van der Waals surface area contributed by atoms with Crippen LogP contribution in [0.3, 0.4) is 0 Å². The van der Waals surface area contributed by atoms with E-state index < -0.39 is 5.60 Å². The van der Waals surface area contributed by atoms with Crippen LogP contribution in [0.1, 0.15) is 19.6 Å². The lowest BCUT2D eigenvalue weighted by Gasteiger charge is -2.24. The van der Waals surface area contributed by atoms with Crippen molar-refractivity contribution < 1.29 is 9.52 Å². The van der Waals surface area contributed by atoms with Crippen molar-refractivity contribution in [1.29, 1.82) is 0 Å². The average molecular weight is 259 g/mol. The van der Waals surface area contributed by atoms with Crippen molar-refractivity contribution in [3.05, 3.63) is 48.2 Å². The Morgan fingerprint density at radius 2 is 1.79 bits per heavy atom. The number of furan rings is 1. The van der Waals surface area contributed by atoms with E-state index in [2.05, 4.69) is 0 Å². The summed E-state index contributed by atoms with van der Waals surface area (Å²) in [4.78, 5) is 2.05. The van der Waals surface area contributed by atoms with Gasteiger partial charge in [-0.05, 0) is 33.0 Å². The molecule has 0 saturated carbocycles. The predicted octanol–water partition coefficient (Wildman–Crippen LogP) is 3.15. The Kier molecular flexibility index (Phi) is 4.08. The fourth-order valence-electron chi connectivity index (χ4n) is 2.20. The number of hydrogen-bond acceptors (Lipinski definition) is 3. The van der Waals surface area contributed by atoms with Gasteiger partial charge in [-0.3, -0.25) is 4.90 Å². The van der Waals surface area contributed by atoms with Crippen molar-refractivity contribution in [2.24, 2.45) is 0 Å². The van der Waals surface area contributed by atoms with E-state index in [4.69, 9.17) is 4.42 Å². The summed E-state index contributed by atoms with van der Waals surface area (Å²) in [6.07, 6.45) is 0. The van der Waals surface area contributed by atoms with E-state index in [0.717, 1.165) is 17.1 Å². The van der Waals surface area contributed by atoms with Crippen LogP contribution in [0.15, 0.2) is 46.9 Å². The molecule has 0 amide bonds. The zero-order valence-electron chi connectivity index (χ0n) is 11.8. The van der Waals surface area contributed by atoms with Gasteiger partial charge in [-0.25, -0.2) is 0 Å². The minimum Gasteiger partial charge on any atom is -0.460 e. The van der Waals surface area contributed by atoms with Crippen LogP contribution < -0.4 is 0 Å². The molecule has 0 atom stereocenters. The number of aliphatic hydroxyl groups is 1. The lowest BCUT2D eigenvalue weighted by atomic mass is 10.1. The average Bonchev–Trinajstić information content (AvgIpc) is 2.76. The zero-order chi connectivity index (χ0) is 13.9. The van der Waals surface area contributed by atoms with E-state index >= 15 is 0 Å². The highest BCUT2D eigenvalue weighted by Gasteiger charge is 2.16. The summed E-state index contributed by atoms with van der Waals surface area (Å²) in [7, 11) is 1.97. The first-order valence-electron chi connectivity index (χ1n) is 6.49. The van der Waals surface area contributed by atoms with Crippen LogP contribution >= 0.6 is 0 Å². The van der Waals surface area contributed by atoms with Crippen LogP contribution in [0, 0.1) is 0 Å². The first-order chi connectivity index (χ1) is 8.94. The van der Waals surface area contributed by atoms with E-state index in [9.17, 15) is 5.11 Å². The molecule has 0 spiro atoms. The van der Waals surface area contributed by atoms with Crippen molar-refractivity contribution in [2.45, 2.75) is 26.0 Å². The van der Waals surface area contributed by atoms with Gasteiger partial charge >= 0.3 is 0 Å². The van der Waals surface area contributed by atoms with Gasteiger partial charge < -0.3 is 9.52 Å². The largest absolute Gasteiger partial charge is 0.460 e. The first kappa shape index (κ1) is 13.8. The Morgan fingerprint density at radius 1 is 1.11 bits per heavy atom. The van der Waals surface area contributed by atoms with Crippen LogP contribution in [0.4, 0.5) is 0 Å². The van der Waals surface area contributed by atoms with Crippen molar-refractivity contribution in [2.75, 3.05) is 13.6 Å². The Bertz CT molecular complexity index is 511. The molecule has 0 unspecified atom stereocenters. The minimum absolute atomic E-state index is 0.606. The second-order valence-corrected chi connectivity index (χ2v) is 5.62. The number of likely N-dealkylation sites (N-methyl/N-ethyl adjacent to an activating group) is 1. The number of nitrogens with zero attached hydrogens (tertiary/aromatic N) is 1. The lowest BCUT2D eigenvalue weighted by molar-refractivity contribution is 0.0408. The molecule has 0 saturated heterocycles. The van der Waals surface area contributed by atoms with Crippen LogP contribution in [0.5, 0.6) is 0 Å². The molecule has 0 aliphatic heterocycles. The zero-order valence-corrected chi connectivity index (χ0v) is 11.8. The molecule has 0 aliphatic carbocycles. The van der Waals surface area contributed by atoms with Gasteiger partial charge in [0, 0.05) is 12.1 Å². The minimum atomic E-state index is -0.691. The van der Waals surface area contributed by atoms with E-state index in [1.165, 1.54) is 0 Å². The summed E-state index contributed by atoms with van der Waals surface area (Å²) >= 11 is 0. The third-order valence-electron chi connectivity index (χ3n) is 2.80. The molecule has 1 aromatic carbocycles. The molecule has 0 bridgehead atoms. The maximum absolute atomic E-state index is 9.78. The molecule has 0 radical (unpaired) electrons. The maximum atomic E-state index is 9.78. The van der Waals surface area contributed by atoms with Crippen LogP contribution in [0.25, 0.3) is 11.3 Å². The maximum Gasteiger partial charge on any atom is 0.134 e. The van der Waals surface area contributed by atoms with Crippen molar-refractivity contribution in [1.82, 2.24) is 4.90 Å². The van der Waals surface area contributed by atoms with Crippen LogP contribution in [-0.4, -0.2) is 29.2 Å². The highest BCUT2D eigenvalue weighted by Crippen LogP contribution is 2.22. The standard InChI is InChI=1S/C16H21NO2/c1-16(2,18)12-17(3)11-14-9-10-15(19-14)13-7-5-4-6-8-13/h4-10,18H,11-12H2,1-3H3. The molecular formula is C16H21NO2. The molecule has 1 N–H and O–H groups in total. The summed E-state index contributed by atoms with van der Waals surface area (Å²) in [6.45, 7) is 4.91. The van der Waals surface area contributed by atoms with Gasteiger partial charge in [0.1, 0.15) is 11.5 Å². The van der Waals surface area contributed by atoms with E-state index in [1.54, 1.807) is 13.8 Å². The second-order valence-electron chi connectivity index (χ2n) is 5.62. The predicted molar refractivity (Wildman–Crippen MR) is 76.8 cm³/mol. The molecular weight excluding hydrogens is 238 g/mol. The SMILES string of the molecule is CN(Cc1ccc(-c2ccccc2)o1)CC(C)(C)O. The molecule has 0 aliphatic rings. The first-order valence-corrected chi connectivity index (χ1v) is 6.49. The summed E-state index contributed by atoms with van der Waals surface area (Å²) in [5.41, 5.74) is 0.391. The molecule has 0 fully saturated rings. The highest BCUT2D eigenvalue weighted by molar-refractivity contribution is 5.57. The van der Waals surface area contributed by atoms with Gasteiger partial charge in [0.05, 0.1) is 12.1 Å². The summed E-state index contributed by atoms with van der Waals surface area (Å²) in [5.74, 6) is 1.79. The smallest absolute Gasteiger partial charge is 0.134 e. The van der Waals surface area contributed by atoms with Gasteiger partial charge in [-0.15, -0.1) is 0 Å². The van der Waals surface area contributed by atoms with Gasteiger partial charge in [0.2, 0.25) is 0 Å². The van der Waals surface area contributed by atoms with Crippen molar-refractivity contribution in [3.8, 4) is 11.3 Å². The summed E-state index contributed by atoms with van der Waals surface area (Å²) < 4.78 is 5.83. The van der Waals surface area contributed by atoms with E-state index in [0.29, 0.717) is 13.1 Å². The molecule has 3 nitrogen and oxygen atoms in total. The highest BCUT2D eigenvalue weighted by atomic mass is 16.3. The van der Waals surface area contributed by atoms with Crippen LogP contribution in [-0.2, 0) is 6.54 Å². The molecule has 2 rings (SSSR count). The van der Waals surface area contributed by atoms with Crippen molar-refractivity contribution >= 4 is 0 Å². The second kappa shape index (κ2) is 5.59. The van der Waals surface area contributed by atoms with Gasteiger partial charge in [-0.1, -0.05) is 30.3 Å². The Labute approximate surface area is 114 Å². The molecule has 2 aromatic rings. The Hall–Kier alpha value is -1.58. The summed E-state index contributed by atoms with van der Waals surface area (Å²) in [6, 6.07) is 14.0. The van der Waals surface area contributed by atoms with Crippen molar-refractivity contribution in [3.63, 3.8) is 0 Å². The fourth-order valence-corrected chi connectivity index (χ4v) is 2.20. The van der Waals surface area contributed by atoms with Gasteiger partial charge in [-0.2, -0.15) is 0 Å². The molecule has 3 heteroatoms. The van der Waals surface area contributed by atoms with Crippen LogP contribution in [0.2, 0.25) is 0 Å². The van der Waals surface area contributed by atoms with E-state index in [-0.39, 0.29) is 0 Å². The number of benzene rings is 1. The summed E-state index contributed by atoms with van der Waals surface area (Å²) in [5, 5.41) is 9.78. The number of rotatable bonds is 5. The van der Waals surface area contributed by atoms with Gasteiger partial charge in [0.15, 0.2) is 0 Å². The number of hydrogen-bond donors (Lipinski definition) is 1. The monoisotopic (exact) mass is 259 g/mol. The molecule has 1 aromatic heterocycles.